The minimum absolute atomic E-state index is 0. The number of hydrogen-bond acceptors (Lipinski definition) is 5. The van der Waals surface area contributed by atoms with Gasteiger partial charge in [0.25, 0.3) is 5.91 Å². The first-order chi connectivity index (χ1) is 13.5. The van der Waals surface area contributed by atoms with E-state index in [-0.39, 0.29) is 18.3 Å². The second kappa shape index (κ2) is 10.2. The van der Waals surface area contributed by atoms with Crippen LogP contribution in [-0.2, 0) is 0 Å². The van der Waals surface area contributed by atoms with E-state index >= 15 is 0 Å². The minimum Gasteiger partial charge on any atom is -1.00 e. The molecule has 1 aromatic rings. The van der Waals surface area contributed by atoms with Gasteiger partial charge < -0.3 is 31.5 Å². The number of ether oxygens (including phenoxy) is 3. The molecule has 1 saturated heterocycles. The highest BCUT2D eigenvalue weighted by atomic mass is 35.5. The molecule has 1 fully saturated rings. The van der Waals surface area contributed by atoms with Crippen LogP contribution in [0.2, 0.25) is 0 Å². The van der Waals surface area contributed by atoms with Crippen molar-refractivity contribution in [2.45, 2.75) is 51.1 Å². The van der Waals surface area contributed by atoms with Crippen molar-refractivity contribution in [2.24, 2.45) is 0 Å². The molecule has 1 aromatic carbocycles. The van der Waals surface area contributed by atoms with Crippen molar-refractivity contribution in [1.82, 2.24) is 9.80 Å². The van der Waals surface area contributed by atoms with Crippen molar-refractivity contribution < 1.29 is 31.4 Å². The Kier molecular flexibility index (Phi) is 8.23. The molecule has 29 heavy (non-hydrogen) atoms. The molecule has 0 spiro atoms. The van der Waals surface area contributed by atoms with E-state index in [1.165, 1.54) is 12.8 Å². The van der Waals surface area contributed by atoms with E-state index in [0.717, 1.165) is 31.5 Å². The molecule has 2 atom stereocenters. The second-order valence-corrected chi connectivity index (χ2v) is 7.55. The third-order valence-corrected chi connectivity index (χ3v) is 5.96. The molecule has 0 aliphatic carbocycles. The normalized spacial score (nSPS) is 20.5. The fourth-order valence-electron chi connectivity index (χ4n) is 4.27. The maximum absolute atomic E-state index is 13.5. The van der Waals surface area contributed by atoms with Gasteiger partial charge in [0.05, 0.1) is 21.3 Å². The number of nitrogens with zero attached hydrogens (tertiary/aromatic N) is 2. The summed E-state index contributed by atoms with van der Waals surface area (Å²) in [6.07, 6.45) is 7.59. The topological polar surface area (TPSA) is 51.2 Å². The van der Waals surface area contributed by atoms with Crippen LogP contribution < -0.4 is 26.6 Å². The molecule has 2 aliphatic rings. The highest BCUT2D eigenvalue weighted by Gasteiger charge is 2.36. The zero-order valence-electron chi connectivity index (χ0n) is 18.0. The van der Waals surface area contributed by atoms with E-state index < -0.39 is 0 Å². The average molecular weight is 424 g/mol. The summed E-state index contributed by atoms with van der Waals surface area (Å²) in [6.45, 7) is 2.87. The number of benzene rings is 1. The van der Waals surface area contributed by atoms with Gasteiger partial charge in [-0.2, -0.15) is 0 Å². The summed E-state index contributed by atoms with van der Waals surface area (Å²) in [6, 6.07) is 4.45. The lowest BCUT2D eigenvalue weighted by molar-refractivity contribution is -0.0000168. The number of carbonyl (C=O) groups excluding carboxylic acids is 1. The van der Waals surface area contributed by atoms with E-state index in [1.807, 2.05) is 4.90 Å². The summed E-state index contributed by atoms with van der Waals surface area (Å²) < 4.78 is 16.3. The smallest absolute Gasteiger partial charge is 0.258 e. The molecule has 2 bridgehead atoms. The molecule has 0 radical (unpaired) electrons. The first-order valence-corrected chi connectivity index (χ1v) is 10.1. The Morgan fingerprint density at radius 2 is 1.79 bits per heavy atom. The number of halogens is 1. The molecule has 2 unspecified atom stereocenters. The lowest BCUT2D eigenvalue weighted by Gasteiger charge is -2.35. The number of hydrogen-bond donors (Lipinski definition) is 0. The van der Waals surface area contributed by atoms with Gasteiger partial charge >= 0.3 is 0 Å². The third-order valence-electron chi connectivity index (χ3n) is 5.96. The number of unbranched alkanes of at least 4 members (excludes halogenated alkanes) is 1. The zero-order chi connectivity index (χ0) is 20.3. The molecule has 7 heteroatoms. The number of carbonyl (C=O) groups is 1. The molecular formula is C22H32ClN2O4-. The average Bonchev–Trinajstić information content (AvgIpc) is 2.93. The van der Waals surface area contributed by atoms with Crippen molar-refractivity contribution >= 4 is 5.91 Å². The summed E-state index contributed by atoms with van der Waals surface area (Å²) >= 11 is 0. The van der Waals surface area contributed by atoms with Gasteiger partial charge in [0.2, 0.25) is 5.75 Å². The molecule has 3 rings (SSSR count). The molecule has 2 aliphatic heterocycles. The highest BCUT2D eigenvalue weighted by molar-refractivity contribution is 5.96. The van der Waals surface area contributed by atoms with Crippen LogP contribution in [0.25, 0.3) is 0 Å². The number of fused-ring (bicyclic) bond motifs is 2. The summed E-state index contributed by atoms with van der Waals surface area (Å²) in [5, 5.41) is 0. The van der Waals surface area contributed by atoms with Crippen LogP contribution in [0.3, 0.4) is 0 Å². The Morgan fingerprint density at radius 1 is 1.14 bits per heavy atom. The van der Waals surface area contributed by atoms with E-state index in [0.29, 0.717) is 34.9 Å². The van der Waals surface area contributed by atoms with Gasteiger partial charge in [0.1, 0.15) is 0 Å². The van der Waals surface area contributed by atoms with Crippen molar-refractivity contribution in [3.05, 3.63) is 29.5 Å². The lowest BCUT2D eigenvalue weighted by Crippen LogP contribution is -3.00. The Morgan fingerprint density at radius 3 is 2.31 bits per heavy atom. The molecule has 1 amide bonds. The van der Waals surface area contributed by atoms with Crippen molar-refractivity contribution in [1.29, 1.82) is 0 Å². The maximum Gasteiger partial charge on any atom is 0.258 e. The number of methoxy groups -OCH3 is 3. The van der Waals surface area contributed by atoms with Gasteiger partial charge in [-0.1, -0.05) is 13.3 Å². The van der Waals surface area contributed by atoms with Crippen LogP contribution >= 0.6 is 0 Å². The Hall–Kier alpha value is -1.92. The standard InChI is InChI=1S/C22H32N2O4.ClH/c1-6-7-10-24(18-13-16-8-9-17(14-18)23(16)2)22(25)15-11-19(26-3)21(28-5)20(12-15)27-4;/h11-13,16-17H,6-10,14H2,1-5H3;1H/p-1. The van der Waals surface area contributed by atoms with Crippen LogP contribution in [-0.4, -0.2) is 62.7 Å². The molecule has 0 N–H and O–H groups in total. The van der Waals surface area contributed by atoms with Crippen molar-refractivity contribution in [2.75, 3.05) is 34.9 Å². The molecule has 0 aromatic heterocycles. The quantitative estimate of drug-likeness (QED) is 0.616. The van der Waals surface area contributed by atoms with Gasteiger partial charge in [-0.3, -0.25) is 9.69 Å². The van der Waals surface area contributed by atoms with Gasteiger partial charge in [0, 0.05) is 36.3 Å². The second-order valence-electron chi connectivity index (χ2n) is 7.55. The van der Waals surface area contributed by atoms with Gasteiger partial charge in [0.15, 0.2) is 11.5 Å². The Bertz CT molecular complexity index is 727. The van der Waals surface area contributed by atoms with Gasteiger partial charge in [-0.05, 0) is 44.5 Å². The number of rotatable bonds is 8. The van der Waals surface area contributed by atoms with Crippen LogP contribution in [0.5, 0.6) is 17.2 Å². The Balaban J connectivity index is 0.00000300. The zero-order valence-corrected chi connectivity index (χ0v) is 18.8. The van der Waals surface area contributed by atoms with E-state index in [2.05, 4.69) is 24.9 Å². The first kappa shape index (κ1) is 23.4. The molecule has 6 nitrogen and oxygen atoms in total. The van der Waals surface area contributed by atoms with Crippen molar-refractivity contribution in [3.63, 3.8) is 0 Å². The maximum atomic E-state index is 13.5. The molecule has 2 heterocycles. The Labute approximate surface area is 180 Å². The van der Waals surface area contributed by atoms with E-state index in [4.69, 9.17) is 14.2 Å². The molecule has 0 saturated carbocycles. The number of amides is 1. The highest BCUT2D eigenvalue weighted by Crippen LogP contribution is 2.40. The van der Waals surface area contributed by atoms with Gasteiger partial charge in [-0.25, -0.2) is 0 Å². The monoisotopic (exact) mass is 423 g/mol. The van der Waals surface area contributed by atoms with E-state index in [1.54, 1.807) is 33.5 Å². The number of likely N-dealkylation sites (N-methyl/N-ethyl adjacent to an activating group) is 1. The van der Waals surface area contributed by atoms with Crippen LogP contribution in [0.15, 0.2) is 23.9 Å². The first-order valence-electron chi connectivity index (χ1n) is 10.1. The van der Waals surface area contributed by atoms with Gasteiger partial charge in [-0.15, -0.1) is 0 Å². The fourth-order valence-corrected chi connectivity index (χ4v) is 4.27. The molecular weight excluding hydrogens is 392 g/mol. The largest absolute Gasteiger partial charge is 1.00 e. The predicted molar refractivity (Wildman–Crippen MR) is 109 cm³/mol. The summed E-state index contributed by atoms with van der Waals surface area (Å²) in [5.74, 6) is 1.48. The third kappa shape index (κ3) is 4.64. The minimum atomic E-state index is -0.0112. The summed E-state index contributed by atoms with van der Waals surface area (Å²) in [7, 11) is 6.89. The van der Waals surface area contributed by atoms with Crippen molar-refractivity contribution in [3.8, 4) is 17.2 Å². The van der Waals surface area contributed by atoms with E-state index in [9.17, 15) is 4.79 Å². The van der Waals surface area contributed by atoms with Crippen LogP contribution in [0.1, 0.15) is 49.4 Å². The fraction of sp³-hybridized carbons (Fsp3) is 0.591. The van der Waals surface area contributed by atoms with Crippen LogP contribution in [0, 0.1) is 0 Å². The SMILES string of the molecule is CCCCN(C(=O)c1cc(OC)c(OC)c(OC)c1)C1=CC2CCC(C1)N2C.[Cl-]. The predicted octanol–water partition coefficient (Wildman–Crippen LogP) is 0.709. The van der Waals surface area contributed by atoms with Crippen LogP contribution in [0.4, 0.5) is 0 Å². The molecule has 162 valence electrons. The summed E-state index contributed by atoms with van der Waals surface area (Å²) in [5.41, 5.74) is 1.70. The lowest BCUT2D eigenvalue weighted by atomic mass is 10.0. The summed E-state index contributed by atoms with van der Waals surface area (Å²) in [4.78, 5) is 17.9.